The monoisotopic (exact) mass is 481 g/mol. The van der Waals surface area contributed by atoms with Crippen molar-refractivity contribution in [3.8, 4) is 5.75 Å². The first-order valence-electron chi connectivity index (χ1n) is 12.5. The van der Waals surface area contributed by atoms with Crippen molar-refractivity contribution in [2.75, 3.05) is 13.7 Å². The fraction of sp³-hybridized carbons (Fsp3) is 0.281. The van der Waals surface area contributed by atoms with Crippen molar-refractivity contribution in [2.24, 2.45) is 0 Å². The Morgan fingerprint density at radius 3 is 2.58 bits per heavy atom. The summed E-state index contributed by atoms with van der Waals surface area (Å²) in [6, 6.07) is 23.2. The summed E-state index contributed by atoms with van der Waals surface area (Å²) in [5.41, 5.74) is 4.77. The van der Waals surface area contributed by atoms with Gasteiger partial charge >= 0.3 is 5.97 Å². The van der Waals surface area contributed by atoms with Gasteiger partial charge in [-0.3, -0.25) is 0 Å². The molecule has 3 atom stereocenters. The van der Waals surface area contributed by atoms with Crippen molar-refractivity contribution in [2.45, 2.75) is 45.3 Å². The molecule has 186 valence electrons. The van der Waals surface area contributed by atoms with E-state index in [2.05, 4.69) is 67.4 Å². The van der Waals surface area contributed by atoms with Crippen molar-refractivity contribution >= 4 is 16.7 Å². The number of methoxy groups -OCH3 is 1. The molecule has 36 heavy (non-hydrogen) atoms. The van der Waals surface area contributed by atoms with E-state index in [0.29, 0.717) is 12.1 Å². The molecule has 4 rings (SSSR count). The summed E-state index contributed by atoms with van der Waals surface area (Å²) >= 11 is 0. The number of fused-ring (bicyclic) bond motifs is 2. The van der Waals surface area contributed by atoms with Gasteiger partial charge in [0.15, 0.2) is 0 Å². The average molecular weight is 482 g/mol. The SMILES string of the molecule is C=C(/C=C(\C=C(C)C)C(=O)OC)[C@@H]1C[C@H](CN[C@H](C)c2cccc3ccccc23)Oc2ccccc21. The average Bonchev–Trinajstić information content (AvgIpc) is 2.89. The summed E-state index contributed by atoms with van der Waals surface area (Å²) in [4.78, 5) is 12.4. The first kappa shape index (κ1) is 25.5. The smallest absolute Gasteiger partial charge is 0.337 e. The molecule has 4 nitrogen and oxygen atoms in total. The van der Waals surface area contributed by atoms with Crippen molar-refractivity contribution in [3.63, 3.8) is 0 Å². The summed E-state index contributed by atoms with van der Waals surface area (Å²) in [6.45, 7) is 11.2. The zero-order chi connectivity index (χ0) is 25.7. The molecule has 0 saturated carbocycles. The number of hydrogen-bond acceptors (Lipinski definition) is 4. The molecule has 1 N–H and O–H groups in total. The molecule has 0 aliphatic carbocycles. The second kappa shape index (κ2) is 11.4. The third kappa shape index (κ3) is 5.77. The van der Waals surface area contributed by atoms with Gasteiger partial charge in [0, 0.05) is 24.1 Å². The Bertz CT molecular complexity index is 1310. The Morgan fingerprint density at radius 2 is 1.81 bits per heavy atom. The number of carbonyl (C=O) groups is 1. The highest BCUT2D eigenvalue weighted by Gasteiger charge is 2.30. The Balaban J connectivity index is 1.54. The van der Waals surface area contributed by atoms with Crippen LogP contribution in [0, 0.1) is 0 Å². The van der Waals surface area contributed by atoms with Gasteiger partial charge in [0.2, 0.25) is 0 Å². The highest BCUT2D eigenvalue weighted by Crippen LogP contribution is 2.40. The van der Waals surface area contributed by atoms with E-state index in [1.165, 1.54) is 23.4 Å². The van der Waals surface area contributed by atoms with Gasteiger partial charge in [0.05, 0.1) is 12.7 Å². The molecule has 1 heterocycles. The fourth-order valence-electron chi connectivity index (χ4n) is 4.90. The first-order valence-corrected chi connectivity index (χ1v) is 12.5. The summed E-state index contributed by atoms with van der Waals surface area (Å²) in [5, 5.41) is 6.20. The number of hydrogen-bond donors (Lipinski definition) is 1. The fourth-order valence-corrected chi connectivity index (χ4v) is 4.90. The quantitative estimate of drug-likeness (QED) is 0.213. The van der Waals surface area contributed by atoms with Crippen LogP contribution in [-0.2, 0) is 9.53 Å². The molecule has 3 aromatic rings. The van der Waals surface area contributed by atoms with E-state index in [0.717, 1.165) is 28.9 Å². The molecule has 0 amide bonds. The van der Waals surface area contributed by atoms with E-state index >= 15 is 0 Å². The lowest BCUT2D eigenvalue weighted by molar-refractivity contribution is -0.135. The van der Waals surface area contributed by atoms with E-state index < -0.39 is 0 Å². The number of allylic oxidation sites excluding steroid dienone is 3. The molecule has 4 heteroatoms. The van der Waals surface area contributed by atoms with Crippen LogP contribution in [0.4, 0.5) is 0 Å². The Hall–Kier alpha value is -3.63. The van der Waals surface area contributed by atoms with Gasteiger partial charge in [-0.1, -0.05) is 72.8 Å². The number of benzene rings is 3. The van der Waals surface area contributed by atoms with Crippen LogP contribution in [0.1, 0.15) is 50.3 Å². The Kier molecular flexibility index (Phi) is 8.07. The van der Waals surface area contributed by atoms with Crippen LogP contribution in [0.15, 0.2) is 102 Å². The minimum atomic E-state index is -0.361. The molecule has 0 radical (unpaired) electrons. The van der Waals surface area contributed by atoms with Gasteiger partial charge in [-0.15, -0.1) is 0 Å². The molecular formula is C32H35NO3. The Morgan fingerprint density at radius 1 is 1.08 bits per heavy atom. The van der Waals surface area contributed by atoms with Crippen LogP contribution < -0.4 is 10.1 Å². The predicted octanol–water partition coefficient (Wildman–Crippen LogP) is 7.05. The molecule has 1 aliphatic rings. The molecule has 0 bridgehead atoms. The van der Waals surface area contributed by atoms with Crippen LogP contribution in [-0.4, -0.2) is 25.7 Å². The number of rotatable bonds is 8. The number of carbonyl (C=O) groups excluding carboxylic acids is 1. The minimum Gasteiger partial charge on any atom is -0.489 e. The van der Waals surface area contributed by atoms with E-state index in [9.17, 15) is 4.79 Å². The lowest BCUT2D eigenvalue weighted by Crippen LogP contribution is -2.37. The minimum absolute atomic E-state index is 0.0301. The maximum atomic E-state index is 12.4. The van der Waals surface area contributed by atoms with Gasteiger partial charge in [0.25, 0.3) is 0 Å². The number of nitrogens with one attached hydrogen (secondary N) is 1. The van der Waals surface area contributed by atoms with Crippen LogP contribution in [0.3, 0.4) is 0 Å². The van der Waals surface area contributed by atoms with Crippen LogP contribution in [0.2, 0.25) is 0 Å². The van der Waals surface area contributed by atoms with Gasteiger partial charge < -0.3 is 14.8 Å². The van der Waals surface area contributed by atoms with Gasteiger partial charge in [0.1, 0.15) is 11.9 Å². The highest BCUT2D eigenvalue weighted by atomic mass is 16.5. The molecule has 0 spiro atoms. The third-order valence-electron chi connectivity index (χ3n) is 6.68. The normalized spacial score (nSPS) is 18.1. The first-order chi connectivity index (χ1) is 17.4. The van der Waals surface area contributed by atoms with E-state index in [4.69, 9.17) is 9.47 Å². The molecular weight excluding hydrogens is 446 g/mol. The van der Waals surface area contributed by atoms with Crippen molar-refractivity contribution in [1.82, 2.24) is 5.32 Å². The topological polar surface area (TPSA) is 47.6 Å². The Labute approximate surface area is 214 Å². The molecule has 1 aliphatic heterocycles. The number of para-hydroxylation sites is 1. The van der Waals surface area contributed by atoms with Crippen molar-refractivity contribution in [1.29, 1.82) is 0 Å². The van der Waals surface area contributed by atoms with E-state index in [1.807, 2.05) is 44.2 Å². The summed E-state index contributed by atoms with van der Waals surface area (Å²) in [7, 11) is 1.40. The van der Waals surface area contributed by atoms with Crippen LogP contribution >= 0.6 is 0 Å². The summed E-state index contributed by atoms with van der Waals surface area (Å²) in [5.74, 6) is 0.550. The molecule has 0 aromatic heterocycles. The summed E-state index contributed by atoms with van der Waals surface area (Å²) in [6.07, 6.45) is 4.44. The largest absolute Gasteiger partial charge is 0.489 e. The standard InChI is InChI=1S/C32H35NO3/c1-21(2)17-25(32(34)35-5)18-22(3)30-19-26(36-31-16-9-8-14-29(30)31)20-33-23(4)27-15-10-12-24-11-6-7-13-28(24)27/h6-18,23,26,30,33H,3,19-20H2,1-2,4-5H3/b25-18+/t23-,26-,30+/m1/s1. The number of ether oxygens (including phenoxy) is 2. The van der Waals surface area contributed by atoms with Crippen LogP contribution in [0.25, 0.3) is 10.8 Å². The lowest BCUT2D eigenvalue weighted by atomic mass is 9.83. The van der Waals surface area contributed by atoms with E-state index in [-0.39, 0.29) is 24.0 Å². The molecule has 0 fully saturated rings. The highest BCUT2D eigenvalue weighted by molar-refractivity contribution is 5.92. The third-order valence-corrected chi connectivity index (χ3v) is 6.68. The molecule has 0 unspecified atom stereocenters. The van der Waals surface area contributed by atoms with Crippen molar-refractivity contribution in [3.05, 3.63) is 113 Å². The number of esters is 1. The maximum Gasteiger partial charge on any atom is 0.337 e. The van der Waals surface area contributed by atoms with Crippen LogP contribution in [0.5, 0.6) is 5.75 Å². The van der Waals surface area contributed by atoms with Crippen molar-refractivity contribution < 1.29 is 14.3 Å². The molecule has 0 saturated heterocycles. The maximum absolute atomic E-state index is 12.4. The van der Waals surface area contributed by atoms with Gasteiger partial charge in [-0.25, -0.2) is 4.79 Å². The predicted molar refractivity (Wildman–Crippen MR) is 147 cm³/mol. The second-order valence-corrected chi connectivity index (χ2v) is 9.65. The zero-order valence-corrected chi connectivity index (χ0v) is 21.6. The lowest BCUT2D eigenvalue weighted by Gasteiger charge is -2.33. The van der Waals surface area contributed by atoms with Gasteiger partial charge in [-0.2, -0.15) is 0 Å². The van der Waals surface area contributed by atoms with Gasteiger partial charge in [-0.05, 0) is 67.3 Å². The summed E-state index contributed by atoms with van der Waals surface area (Å²) < 4.78 is 11.4. The molecule has 3 aromatic carbocycles. The van der Waals surface area contributed by atoms with E-state index in [1.54, 1.807) is 0 Å². The second-order valence-electron chi connectivity index (χ2n) is 9.65. The zero-order valence-electron chi connectivity index (χ0n) is 21.6.